The summed E-state index contributed by atoms with van der Waals surface area (Å²) < 4.78 is 0. The third-order valence-corrected chi connectivity index (χ3v) is 5.29. The SMILES string of the molecule is C.CCCCCCCCCCC(C(=O)O)C(C)(CC)CC(=O)CC. The number of rotatable bonds is 15. The fourth-order valence-electron chi connectivity index (χ4n) is 3.32. The zero-order chi connectivity index (χ0) is 17.7. The van der Waals surface area contributed by atoms with E-state index < -0.39 is 17.3 Å². The summed E-state index contributed by atoms with van der Waals surface area (Å²) in [5.41, 5.74) is -0.403. The minimum Gasteiger partial charge on any atom is -0.481 e. The van der Waals surface area contributed by atoms with Crippen molar-refractivity contribution in [1.29, 1.82) is 0 Å². The third-order valence-electron chi connectivity index (χ3n) is 5.29. The molecule has 24 heavy (non-hydrogen) atoms. The summed E-state index contributed by atoms with van der Waals surface area (Å²) in [6.45, 7) is 8.06. The molecule has 3 nitrogen and oxygen atoms in total. The molecule has 0 bridgehead atoms. The van der Waals surface area contributed by atoms with Crippen molar-refractivity contribution >= 4 is 11.8 Å². The van der Waals surface area contributed by atoms with E-state index in [-0.39, 0.29) is 13.2 Å². The minimum absolute atomic E-state index is 0. The van der Waals surface area contributed by atoms with Crippen molar-refractivity contribution in [2.75, 3.05) is 0 Å². The third kappa shape index (κ3) is 10.1. The van der Waals surface area contributed by atoms with Crippen LogP contribution in [-0.4, -0.2) is 16.9 Å². The summed E-state index contributed by atoms with van der Waals surface area (Å²) in [5, 5.41) is 9.61. The molecule has 0 aliphatic carbocycles. The van der Waals surface area contributed by atoms with Crippen LogP contribution in [0.1, 0.15) is 112 Å². The second kappa shape index (κ2) is 14.5. The van der Waals surface area contributed by atoms with E-state index in [4.69, 9.17) is 0 Å². The quantitative estimate of drug-likeness (QED) is 0.339. The highest BCUT2D eigenvalue weighted by Gasteiger charge is 2.38. The second-order valence-corrected chi connectivity index (χ2v) is 7.23. The predicted octanol–water partition coefficient (Wildman–Crippen LogP) is 6.64. The Morgan fingerprint density at radius 2 is 1.42 bits per heavy atom. The zero-order valence-electron chi connectivity index (χ0n) is 15.8. The van der Waals surface area contributed by atoms with E-state index in [0.717, 1.165) is 19.3 Å². The molecule has 0 rings (SSSR count). The maximum Gasteiger partial charge on any atom is 0.307 e. The Labute approximate surface area is 150 Å². The van der Waals surface area contributed by atoms with Crippen LogP contribution in [0, 0.1) is 11.3 Å². The Morgan fingerprint density at radius 1 is 0.917 bits per heavy atom. The van der Waals surface area contributed by atoms with Crippen LogP contribution in [0.4, 0.5) is 0 Å². The van der Waals surface area contributed by atoms with Crippen molar-refractivity contribution in [3.8, 4) is 0 Å². The Balaban J connectivity index is 0. The van der Waals surface area contributed by atoms with E-state index in [1.165, 1.54) is 38.5 Å². The van der Waals surface area contributed by atoms with Gasteiger partial charge in [-0.1, -0.05) is 86.5 Å². The van der Waals surface area contributed by atoms with Crippen LogP contribution < -0.4 is 0 Å². The van der Waals surface area contributed by atoms with Gasteiger partial charge in [0.25, 0.3) is 0 Å². The van der Waals surface area contributed by atoms with Crippen LogP contribution in [0.2, 0.25) is 0 Å². The van der Waals surface area contributed by atoms with Gasteiger partial charge in [0, 0.05) is 12.8 Å². The van der Waals surface area contributed by atoms with Gasteiger partial charge < -0.3 is 5.11 Å². The van der Waals surface area contributed by atoms with Crippen LogP contribution in [0.5, 0.6) is 0 Å². The predicted molar refractivity (Wildman–Crippen MR) is 103 cm³/mol. The first-order valence-corrected chi connectivity index (χ1v) is 9.65. The van der Waals surface area contributed by atoms with Crippen molar-refractivity contribution < 1.29 is 14.7 Å². The molecular weight excluding hydrogens is 300 g/mol. The topological polar surface area (TPSA) is 54.4 Å². The first-order chi connectivity index (χ1) is 10.9. The highest BCUT2D eigenvalue weighted by atomic mass is 16.4. The van der Waals surface area contributed by atoms with Gasteiger partial charge in [0.15, 0.2) is 0 Å². The smallest absolute Gasteiger partial charge is 0.307 e. The van der Waals surface area contributed by atoms with Crippen LogP contribution in [0.15, 0.2) is 0 Å². The van der Waals surface area contributed by atoms with Crippen LogP contribution >= 0.6 is 0 Å². The number of carboxylic acid groups (broad SMARTS) is 1. The standard InChI is InChI=1S/C20H38O3.CH4/c1-5-8-9-10-11-12-13-14-15-18(19(22)23)20(4,7-3)16-17(21)6-2;/h18H,5-16H2,1-4H3,(H,22,23);1H4. The molecule has 0 aromatic rings. The van der Waals surface area contributed by atoms with Crippen LogP contribution in [0.25, 0.3) is 0 Å². The molecule has 144 valence electrons. The number of hydrogen-bond acceptors (Lipinski definition) is 2. The number of carbonyl (C=O) groups excluding carboxylic acids is 1. The average Bonchev–Trinajstić information content (AvgIpc) is 2.52. The molecule has 0 saturated heterocycles. The van der Waals surface area contributed by atoms with Gasteiger partial charge in [-0.05, 0) is 18.3 Å². The first-order valence-electron chi connectivity index (χ1n) is 9.65. The molecule has 1 N–H and O–H groups in total. The summed E-state index contributed by atoms with van der Waals surface area (Å²) in [5.74, 6) is -0.958. The Bertz CT molecular complexity index is 338. The zero-order valence-corrected chi connectivity index (χ0v) is 15.8. The van der Waals surface area contributed by atoms with Crippen LogP contribution in [-0.2, 0) is 9.59 Å². The van der Waals surface area contributed by atoms with E-state index in [2.05, 4.69) is 6.92 Å². The van der Waals surface area contributed by atoms with Gasteiger partial charge >= 0.3 is 5.97 Å². The lowest BCUT2D eigenvalue weighted by molar-refractivity contribution is -0.147. The molecule has 2 unspecified atom stereocenters. The molecule has 2 atom stereocenters. The maximum absolute atomic E-state index is 11.8. The largest absolute Gasteiger partial charge is 0.481 e. The van der Waals surface area contributed by atoms with Crippen molar-refractivity contribution in [2.24, 2.45) is 11.3 Å². The molecule has 0 radical (unpaired) electrons. The average molecular weight is 343 g/mol. The Morgan fingerprint density at radius 3 is 1.83 bits per heavy atom. The molecule has 3 heteroatoms. The summed E-state index contributed by atoms with van der Waals surface area (Å²) in [4.78, 5) is 23.5. The molecule has 0 fully saturated rings. The number of carbonyl (C=O) groups is 2. The molecule has 0 aliphatic rings. The fraction of sp³-hybridized carbons (Fsp3) is 0.905. The van der Waals surface area contributed by atoms with Gasteiger partial charge in [-0.25, -0.2) is 0 Å². The Hall–Kier alpha value is -0.860. The van der Waals surface area contributed by atoms with E-state index in [1.54, 1.807) is 0 Å². The van der Waals surface area contributed by atoms with Gasteiger partial charge in [0.2, 0.25) is 0 Å². The van der Waals surface area contributed by atoms with Gasteiger partial charge in [-0.2, -0.15) is 0 Å². The van der Waals surface area contributed by atoms with Gasteiger partial charge in [0.05, 0.1) is 5.92 Å². The van der Waals surface area contributed by atoms with Crippen LogP contribution in [0.3, 0.4) is 0 Å². The number of carboxylic acids is 1. The molecule has 0 aromatic heterocycles. The number of hydrogen-bond donors (Lipinski definition) is 1. The molecule has 0 spiro atoms. The maximum atomic E-state index is 11.8. The van der Waals surface area contributed by atoms with Gasteiger partial charge in [-0.3, -0.25) is 9.59 Å². The van der Waals surface area contributed by atoms with Gasteiger partial charge in [0.1, 0.15) is 5.78 Å². The molecule has 0 aliphatic heterocycles. The first kappa shape index (κ1) is 25.4. The van der Waals surface area contributed by atoms with E-state index in [0.29, 0.717) is 19.3 Å². The molecule has 0 aromatic carbocycles. The number of aliphatic carboxylic acids is 1. The normalized spacial score (nSPS) is 14.5. The lowest BCUT2D eigenvalue weighted by Gasteiger charge is -2.34. The van der Waals surface area contributed by atoms with Crippen molar-refractivity contribution in [3.63, 3.8) is 0 Å². The number of Topliss-reactive ketones (excluding diaryl/α,β-unsaturated/α-hetero) is 1. The van der Waals surface area contributed by atoms with Crippen molar-refractivity contribution in [1.82, 2.24) is 0 Å². The van der Waals surface area contributed by atoms with Gasteiger partial charge in [-0.15, -0.1) is 0 Å². The van der Waals surface area contributed by atoms with Crippen molar-refractivity contribution in [3.05, 3.63) is 0 Å². The number of ketones is 1. The summed E-state index contributed by atoms with van der Waals surface area (Å²) in [7, 11) is 0. The molecule has 0 amide bonds. The van der Waals surface area contributed by atoms with Crippen molar-refractivity contribution in [2.45, 2.75) is 112 Å². The lowest BCUT2D eigenvalue weighted by atomic mass is 9.69. The molecule has 0 heterocycles. The van der Waals surface area contributed by atoms with E-state index in [1.807, 2.05) is 20.8 Å². The van der Waals surface area contributed by atoms with E-state index >= 15 is 0 Å². The summed E-state index contributed by atoms with van der Waals surface area (Å²) >= 11 is 0. The minimum atomic E-state index is -0.735. The summed E-state index contributed by atoms with van der Waals surface area (Å²) in [6, 6.07) is 0. The monoisotopic (exact) mass is 342 g/mol. The second-order valence-electron chi connectivity index (χ2n) is 7.23. The lowest BCUT2D eigenvalue weighted by Crippen LogP contribution is -2.35. The Kier molecular flexibility index (Phi) is 15.3. The summed E-state index contributed by atoms with van der Waals surface area (Å²) in [6.07, 6.45) is 12.1. The van der Waals surface area contributed by atoms with E-state index in [9.17, 15) is 14.7 Å². The fourth-order valence-corrected chi connectivity index (χ4v) is 3.32. The number of unbranched alkanes of at least 4 members (excludes halogenated alkanes) is 7. The molecule has 0 saturated carbocycles. The molecular formula is C21H42O3. The highest BCUT2D eigenvalue weighted by molar-refractivity contribution is 5.80. The highest BCUT2D eigenvalue weighted by Crippen LogP contribution is 2.39.